The van der Waals surface area contributed by atoms with E-state index in [1.54, 1.807) is 0 Å². The Morgan fingerprint density at radius 1 is 0.741 bits per heavy atom. The first kappa shape index (κ1) is 22.9. The summed E-state index contributed by atoms with van der Waals surface area (Å²) in [5.74, 6) is 0. The van der Waals surface area contributed by atoms with Crippen molar-refractivity contribution in [3.8, 4) is 0 Å². The van der Waals surface area contributed by atoms with E-state index in [-0.39, 0.29) is 13.2 Å². The van der Waals surface area contributed by atoms with E-state index in [1.807, 2.05) is 0 Å². The van der Waals surface area contributed by atoms with Crippen LogP contribution < -0.4 is 0 Å². The fraction of sp³-hybridized carbons (Fsp3) is 1.00. The summed E-state index contributed by atoms with van der Waals surface area (Å²) in [6.07, 6.45) is -3.16. The molecular weight excluding hydrogens is 360 g/mol. The Labute approximate surface area is 159 Å². The van der Waals surface area contributed by atoms with Crippen LogP contribution >= 0.6 is 0 Å². The van der Waals surface area contributed by atoms with E-state index in [2.05, 4.69) is 6.92 Å². The van der Waals surface area contributed by atoms with E-state index in [9.17, 15) is 25.5 Å². The van der Waals surface area contributed by atoms with Crippen LogP contribution in [-0.4, -0.2) is 94.6 Å². The van der Waals surface area contributed by atoms with Gasteiger partial charge in [0.2, 0.25) is 0 Å². The number of aliphatic hydroxyl groups excluding tert-OH is 5. The van der Waals surface area contributed by atoms with E-state index in [4.69, 9.17) is 18.9 Å². The van der Waals surface area contributed by atoms with Crippen molar-refractivity contribution >= 4 is 0 Å². The van der Waals surface area contributed by atoms with Gasteiger partial charge in [0.15, 0.2) is 12.6 Å². The smallest absolute Gasteiger partial charge is 0.186 e. The van der Waals surface area contributed by atoms with Crippen LogP contribution in [0.15, 0.2) is 0 Å². The largest absolute Gasteiger partial charge is 0.388 e. The van der Waals surface area contributed by atoms with Crippen molar-refractivity contribution in [2.24, 2.45) is 0 Å². The molecule has 0 aromatic rings. The molecule has 2 rings (SSSR count). The molecule has 2 saturated heterocycles. The van der Waals surface area contributed by atoms with E-state index >= 15 is 0 Å². The lowest BCUT2D eigenvalue weighted by atomic mass is 10.0. The first-order valence-electron chi connectivity index (χ1n) is 9.86. The van der Waals surface area contributed by atoms with E-state index in [1.165, 1.54) is 19.3 Å². The van der Waals surface area contributed by atoms with Crippen molar-refractivity contribution in [2.75, 3.05) is 19.8 Å². The van der Waals surface area contributed by atoms with Crippen LogP contribution in [0.25, 0.3) is 0 Å². The lowest BCUT2D eigenvalue weighted by molar-refractivity contribution is -0.328. The zero-order valence-corrected chi connectivity index (χ0v) is 15.9. The Balaban J connectivity index is 1.70. The minimum atomic E-state index is -1.47. The van der Waals surface area contributed by atoms with Gasteiger partial charge in [0.1, 0.15) is 36.6 Å². The average Bonchev–Trinajstić information content (AvgIpc) is 2.66. The molecule has 2 aliphatic heterocycles. The Morgan fingerprint density at radius 3 is 2.11 bits per heavy atom. The molecule has 0 bridgehead atoms. The highest BCUT2D eigenvalue weighted by molar-refractivity contribution is 4.87. The second-order valence-electron chi connectivity index (χ2n) is 7.25. The number of hydrogen-bond donors (Lipinski definition) is 5. The molecule has 0 saturated carbocycles. The highest BCUT2D eigenvalue weighted by atomic mass is 16.7. The minimum absolute atomic E-state index is 0.0649. The van der Waals surface area contributed by atoms with Crippen LogP contribution in [0.1, 0.15) is 45.4 Å². The topological polar surface area (TPSA) is 138 Å². The van der Waals surface area contributed by atoms with Gasteiger partial charge < -0.3 is 44.5 Å². The molecule has 0 amide bonds. The fourth-order valence-electron chi connectivity index (χ4n) is 3.19. The Kier molecular flexibility index (Phi) is 9.85. The molecule has 2 aliphatic rings. The summed E-state index contributed by atoms with van der Waals surface area (Å²) in [5.41, 5.74) is 0. The van der Waals surface area contributed by atoms with Gasteiger partial charge in [0, 0.05) is 6.61 Å². The zero-order chi connectivity index (χ0) is 19.8. The van der Waals surface area contributed by atoms with Gasteiger partial charge in [-0.05, 0) is 6.42 Å². The Hall–Kier alpha value is -0.360. The Morgan fingerprint density at radius 2 is 1.37 bits per heavy atom. The molecule has 27 heavy (non-hydrogen) atoms. The molecule has 0 spiro atoms. The SMILES string of the molecule is CCCCCCCCOC1OCC(OC2OCC(O)C(O)C2O)C(O)C1O. The van der Waals surface area contributed by atoms with Crippen molar-refractivity contribution < 1.29 is 44.5 Å². The molecule has 0 aromatic heterocycles. The van der Waals surface area contributed by atoms with Crippen LogP contribution in [-0.2, 0) is 18.9 Å². The highest BCUT2D eigenvalue weighted by Crippen LogP contribution is 2.24. The van der Waals surface area contributed by atoms with Crippen molar-refractivity contribution in [3.05, 3.63) is 0 Å². The number of hydrogen-bond acceptors (Lipinski definition) is 9. The summed E-state index contributed by atoms with van der Waals surface area (Å²) in [6.45, 7) is 2.32. The zero-order valence-electron chi connectivity index (χ0n) is 15.9. The number of rotatable bonds is 10. The van der Waals surface area contributed by atoms with Gasteiger partial charge in [-0.15, -0.1) is 0 Å². The van der Waals surface area contributed by atoms with Gasteiger partial charge in [-0.2, -0.15) is 0 Å². The molecule has 5 N–H and O–H groups in total. The minimum Gasteiger partial charge on any atom is -0.388 e. The quantitative estimate of drug-likeness (QED) is 0.303. The monoisotopic (exact) mass is 394 g/mol. The predicted molar refractivity (Wildman–Crippen MR) is 93.7 cm³/mol. The molecule has 0 aromatic carbocycles. The molecule has 8 unspecified atom stereocenters. The summed E-state index contributed by atoms with van der Waals surface area (Å²) in [7, 11) is 0. The molecule has 0 aliphatic carbocycles. The molecule has 9 nitrogen and oxygen atoms in total. The van der Waals surface area contributed by atoms with Gasteiger partial charge in [-0.3, -0.25) is 0 Å². The van der Waals surface area contributed by atoms with Crippen molar-refractivity contribution in [1.29, 1.82) is 0 Å². The maximum absolute atomic E-state index is 10.3. The van der Waals surface area contributed by atoms with Crippen LogP contribution in [0.3, 0.4) is 0 Å². The van der Waals surface area contributed by atoms with E-state index in [0.29, 0.717) is 6.61 Å². The molecule has 2 fully saturated rings. The van der Waals surface area contributed by atoms with Crippen molar-refractivity contribution in [1.82, 2.24) is 0 Å². The standard InChI is InChI=1S/C18H34O9/c1-2-3-4-5-6-7-8-24-17-16(23)14(21)12(10-26-17)27-18-15(22)13(20)11(19)9-25-18/h11-23H,2-10H2,1H3. The summed E-state index contributed by atoms with van der Waals surface area (Å²) < 4.78 is 21.5. The maximum Gasteiger partial charge on any atom is 0.186 e. The molecule has 2 heterocycles. The lowest BCUT2D eigenvalue weighted by Crippen LogP contribution is -2.59. The van der Waals surface area contributed by atoms with Crippen LogP contribution in [0.4, 0.5) is 0 Å². The van der Waals surface area contributed by atoms with Gasteiger partial charge in [0.25, 0.3) is 0 Å². The molecule has 160 valence electrons. The summed E-state index contributed by atoms with van der Waals surface area (Å²) in [6, 6.07) is 0. The third kappa shape index (κ3) is 6.59. The second-order valence-corrected chi connectivity index (χ2v) is 7.25. The number of unbranched alkanes of at least 4 members (excludes halogenated alkanes) is 5. The van der Waals surface area contributed by atoms with Gasteiger partial charge >= 0.3 is 0 Å². The van der Waals surface area contributed by atoms with Crippen LogP contribution in [0.2, 0.25) is 0 Å². The number of ether oxygens (including phenoxy) is 4. The van der Waals surface area contributed by atoms with Crippen LogP contribution in [0.5, 0.6) is 0 Å². The maximum atomic E-state index is 10.3. The molecule has 8 atom stereocenters. The molecular formula is C18H34O9. The summed E-state index contributed by atoms with van der Waals surface area (Å²) >= 11 is 0. The normalized spacial score (nSPS) is 40.2. The summed E-state index contributed by atoms with van der Waals surface area (Å²) in [5, 5.41) is 49.5. The average molecular weight is 394 g/mol. The predicted octanol–water partition coefficient (Wildman–Crippen LogP) is -0.734. The van der Waals surface area contributed by atoms with E-state index < -0.39 is 49.2 Å². The van der Waals surface area contributed by atoms with Crippen molar-refractivity contribution in [3.63, 3.8) is 0 Å². The summed E-state index contributed by atoms with van der Waals surface area (Å²) in [4.78, 5) is 0. The van der Waals surface area contributed by atoms with Gasteiger partial charge in [-0.1, -0.05) is 39.0 Å². The van der Waals surface area contributed by atoms with Crippen molar-refractivity contribution in [2.45, 2.75) is 94.7 Å². The fourth-order valence-corrected chi connectivity index (χ4v) is 3.19. The third-order valence-corrected chi connectivity index (χ3v) is 4.98. The molecule has 0 radical (unpaired) electrons. The lowest BCUT2D eigenvalue weighted by Gasteiger charge is -2.41. The van der Waals surface area contributed by atoms with Gasteiger partial charge in [0.05, 0.1) is 13.2 Å². The first-order valence-corrected chi connectivity index (χ1v) is 9.86. The number of aliphatic hydroxyl groups is 5. The Bertz CT molecular complexity index is 410. The molecule has 9 heteroatoms. The van der Waals surface area contributed by atoms with E-state index in [0.717, 1.165) is 19.3 Å². The van der Waals surface area contributed by atoms with Crippen LogP contribution in [0, 0.1) is 0 Å². The highest BCUT2D eigenvalue weighted by Gasteiger charge is 2.44. The first-order chi connectivity index (χ1) is 13.0. The second kappa shape index (κ2) is 11.6. The van der Waals surface area contributed by atoms with Gasteiger partial charge in [-0.25, -0.2) is 0 Å². The third-order valence-electron chi connectivity index (χ3n) is 4.98.